The molecule has 0 radical (unpaired) electrons. The first-order chi connectivity index (χ1) is 6.87. The third-order valence-electron chi connectivity index (χ3n) is 1.79. The van der Waals surface area contributed by atoms with E-state index in [4.69, 9.17) is 0 Å². The number of nitrogens with zero attached hydrogens (tertiary/aromatic N) is 1. The minimum absolute atomic E-state index is 0.0806. The molecule has 0 saturated carbocycles. The average Bonchev–Trinajstić information content (AvgIpc) is 1.99. The number of hydrogen-bond donors (Lipinski definition) is 0. The molecule has 1 nitrogen and oxygen atoms in total. The molecule has 0 aliphatic carbocycles. The molecule has 0 unspecified atom stereocenters. The Morgan fingerprint density at radius 2 is 1.93 bits per heavy atom. The maximum Gasteiger partial charge on any atom is 0.401 e. The van der Waals surface area contributed by atoms with Crippen molar-refractivity contribution in [3.8, 4) is 0 Å². The molecule has 15 heavy (non-hydrogen) atoms. The lowest BCUT2D eigenvalue weighted by Crippen LogP contribution is -2.30. The van der Waals surface area contributed by atoms with Crippen LogP contribution >= 0.6 is 0 Å². The van der Waals surface area contributed by atoms with E-state index in [1.54, 1.807) is 6.07 Å². The Kier molecular flexibility index (Phi) is 3.68. The molecular formula is C10H11F4N. The summed E-state index contributed by atoms with van der Waals surface area (Å²) in [5.74, 6) is -0.437. The highest BCUT2D eigenvalue weighted by atomic mass is 19.4. The summed E-state index contributed by atoms with van der Waals surface area (Å²) in [4.78, 5) is 1.09. The van der Waals surface area contributed by atoms with E-state index in [1.807, 2.05) is 0 Å². The zero-order chi connectivity index (χ0) is 11.5. The van der Waals surface area contributed by atoms with E-state index < -0.39 is 18.5 Å². The van der Waals surface area contributed by atoms with Gasteiger partial charge in [-0.1, -0.05) is 12.1 Å². The molecule has 0 amide bonds. The van der Waals surface area contributed by atoms with Crippen molar-refractivity contribution in [2.24, 2.45) is 0 Å². The molecule has 0 spiro atoms. The van der Waals surface area contributed by atoms with Gasteiger partial charge < -0.3 is 0 Å². The third-order valence-corrected chi connectivity index (χ3v) is 1.79. The smallest absolute Gasteiger partial charge is 0.294 e. The normalized spacial score (nSPS) is 12.1. The molecule has 0 aliphatic rings. The van der Waals surface area contributed by atoms with Crippen molar-refractivity contribution in [2.75, 3.05) is 13.6 Å². The second kappa shape index (κ2) is 4.61. The van der Waals surface area contributed by atoms with Gasteiger partial charge in [-0.05, 0) is 24.7 Å². The van der Waals surface area contributed by atoms with E-state index in [9.17, 15) is 17.6 Å². The van der Waals surface area contributed by atoms with Crippen molar-refractivity contribution in [3.05, 3.63) is 35.6 Å². The zero-order valence-electron chi connectivity index (χ0n) is 8.18. The third kappa shape index (κ3) is 4.78. The quantitative estimate of drug-likeness (QED) is 0.709. The number of benzene rings is 1. The van der Waals surface area contributed by atoms with Crippen LogP contribution in [0.15, 0.2) is 24.3 Å². The minimum Gasteiger partial charge on any atom is -0.294 e. The highest BCUT2D eigenvalue weighted by molar-refractivity contribution is 5.15. The van der Waals surface area contributed by atoms with Crippen molar-refractivity contribution in [1.29, 1.82) is 0 Å². The van der Waals surface area contributed by atoms with Crippen LogP contribution in [0.3, 0.4) is 0 Å². The first-order valence-corrected chi connectivity index (χ1v) is 4.36. The molecule has 0 bridgehead atoms. The van der Waals surface area contributed by atoms with Gasteiger partial charge in [-0.2, -0.15) is 13.2 Å². The Labute approximate surface area is 85.3 Å². The Hall–Kier alpha value is -1.10. The van der Waals surface area contributed by atoms with Gasteiger partial charge in [-0.25, -0.2) is 4.39 Å². The lowest BCUT2D eigenvalue weighted by atomic mass is 10.2. The van der Waals surface area contributed by atoms with E-state index in [0.717, 1.165) is 4.90 Å². The fourth-order valence-corrected chi connectivity index (χ4v) is 1.31. The van der Waals surface area contributed by atoms with Gasteiger partial charge in [0, 0.05) is 6.54 Å². The summed E-state index contributed by atoms with van der Waals surface area (Å²) in [7, 11) is 1.35. The van der Waals surface area contributed by atoms with Crippen LogP contribution in [0.25, 0.3) is 0 Å². The van der Waals surface area contributed by atoms with Crippen molar-refractivity contribution in [2.45, 2.75) is 12.7 Å². The summed E-state index contributed by atoms with van der Waals surface area (Å²) >= 11 is 0. The van der Waals surface area contributed by atoms with E-state index in [1.165, 1.54) is 25.2 Å². The molecule has 5 heteroatoms. The SMILES string of the molecule is CN(Cc1cccc(F)c1)CC(F)(F)F. The maximum absolute atomic E-state index is 12.7. The van der Waals surface area contributed by atoms with E-state index in [-0.39, 0.29) is 6.54 Å². The lowest BCUT2D eigenvalue weighted by Gasteiger charge is -2.18. The summed E-state index contributed by atoms with van der Waals surface area (Å²) in [5, 5.41) is 0. The fourth-order valence-electron chi connectivity index (χ4n) is 1.31. The minimum atomic E-state index is -4.22. The molecule has 0 saturated heterocycles. The topological polar surface area (TPSA) is 3.24 Å². The Morgan fingerprint density at radius 1 is 1.27 bits per heavy atom. The van der Waals surface area contributed by atoms with Crippen molar-refractivity contribution in [1.82, 2.24) is 4.90 Å². The fraction of sp³-hybridized carbons (Fsp3) is 0.400. The monoisotopic (exact) mass is 221 g/mol. The number of halogens is 4. The van der Waals surface area contributed by atoms with Crippen LogP contribution in [0.2, 0.25) is 0 Å². The van der Waals surface area contributed by atoms with E-state index in [0.29, 0.717) is 5.56 Å². The number of alkyl halides is 3. The van der Waals surface area contributed by atoms with Gasteiger partial charge in [0.15, 0.2) is 0 Å². The first-order valence-electron chi connectivity index (χ1n) is 4.36. The van der Waals surface area contributed by atoms with Crippen LogP contribution in [0, 0.1) is 5.82 Å². The summed E-state index contributed by atoms with van der Waals surface area (Å²) in [5.41, 5.74) is 0.529. The summed E-state index contributed by atoms with van der Waals surface area (Å²) in [6.07, 6.45) is -4.22. The van der Waals surface area contributed by atoms with Crippen molar-refractivity contribution < 1.29 is 17.6 Å². The number of rotatable bonds is 3. The molecule has 0 fully saturated rings. The van der Waals surface area contributed by atoms with Gasteiger partial charge in [0.25, 0.3) is 0 Å². The molecule has 0 N–H and O–H groups in total. The van der Waals surface area contributed by atoms with Crippen LogP contribution in [0.5, 0.6) is 0 Å². The molecular weight excluding hydrogens is 210 g/mol. The molecule has 84 valence electrons. The van der Waals surface area contributed by atoms with Gasteiger partial charge in [0.05, 0.1) is 6.54 Å². The molecule has 0 aromatic heterocycles. The molecule has 0 atom stereocenters. The van der Waals surface area contributed by atoms with Gasteiger partial charge in [-0.15, -0.1) is 0 Å². The Balaban J connectivity index is 2.55. The maximum atomic E-state index is 12.7. The Bertz CT molecular complexity index is 321. The Morgan fingerprint density at radius 3 is 2.47 bits per heavy atom. The van der Waals surface area contributed by atoms with Crippen LogP contribution in [-0.2, 0) is 6.54 Å². The summed E-state index contributed by atoms with van der Waals surface area (Å²) in [6.45, 7) is -0.916. The molecule has 1 aromatic carbocycles. The lowest BCUT2D eigenvalue weighted by molar-refractivity contribution is -0.144. The van der Waals surface area contributed by atoms with Gasteiger partial charge in [-0.3, -0.25) is 4.90 Å². The first kappa shape index (κ1) is 12.0. The van der Waals surface area contributed by atoms with Gasteiger partial charge in [0.2, 0.25) is 0 Å². The average molecular weight is 221 g/mol. The molecule has 1 rings (SSSR count). The largest absolute Gasteiger partial charge is 0.401 e. The standard InChI is InChI=1S/C10H11F4N/c1-15(7-10(12,13)14)6-8-3-2-4-9(11)5-8/h2-5H,6-7H2,1H3. The van der Waals surface area contributed by atoms with Crippen LogP contribution in [0.1, 0.15) is 5.56 Å². The van der Waals surface area contributed by atoms with E-state index in [2.05, 4.69) is 0 Å². The van der Waals surface area contributed by atoms with Crippen molar-refractivity contribution in [3.63, 3.8) is 0 Å². The highest BCUT2D eigenvalue weighted by Gasteiger charge is 2.28. The predicted octanol–water partition coefficient (Wildman–Crippen LogP) is 2.82. The van der Waals surface area contributed by atoms with Crippen LogP contribution < -0.4 is 0 Å². The second-order valence-corrected chi connectivity index (χ2v) is 3.42. The molecule has 1 aromatic rings. The summed E-state index contributed by atoms with van der Waals surface area (Å²) in [6, 6.07) is 5.56. The van der Waals surface area contributed by atoms with E-state index >= 15 is 0 Å². The van der Waals surface area contributed by atoms with Crippen molar-refractivity contribution >= 4 is 0 Å². The van der Waals surface area contributed by atoms with Crippen LogP contribution in [-0.4, -0.2) is 24.7 Å². The number of hydrogen-bond acceptors (Lipinski definition) is 1. The zero-order valence-corrected chi connectivity index (χ0v) is 8.18. The molecule has 0 heterocycles. The highest BCUT2D eigenvalue weighted by Crippen LogP contribution is 2.17. The van der Waals surface area contributed by atoms with Crippen LogP contribution in [0.4, 0.5) is 17.6 Å². The second-order valence-electron chi connectivity index (χ2n) is 3.42. The van der Waals surface area contributed by atoms with Gasteiger partial charge in [0.1, 0.15) is 5.82 Å². The molecule has 0 aliphatic heterocycles. The predicted molar refractivity (Wildman–Crippen MR) is 48.8 cm³/mol. The summed E-state index contributed by atoms with van der Waals surface area (Å²) < 4.78 is 48.6. The van der Waals surface area contributed by atoms with Gasteiger partial charge >= 0.3 is 6.18 Å².